The van der Waals surface area contributed by atoms with Crippen LogP contribution in [0.5, 0.6) is 0 Å². The molecule has 0 aromatic rings. The minimum absolute atomic E-state index is 0.148. The molecular formula is C16H32N2O3. The van der Waals surface area contributed by atoms with Gasteiger partial charge in [0.05, 0.1) is 6.61 Å². The van der Waals surface area contributed by atoms with Crippen molar-refractivity contribution in [3.05, 3.63) is 0 Å². The summed E-state index contributed by atoms with van der Waals surface area (Å²) in [6.45, 7) is 7.05. The van der Waals surface area contributed by atoms with Gasteiger partial charge in [0.15, 0.2) is 0 Å². The van der Waals surface area contributed by atoms with Crippen LogP contribution in [-0.4, -0.2) is 62.9 Å². The molecule has 0 amide bonds. The first kappa shape index (κ1) is 18.4. The van der Waals surface area contributed by atoms with Crippen molar-refractivity contribution in [2.24, 2.45) is 0 Å². The zero-order chi connectivity index (χ0) is 15.7. The maximum Gasteiger partial charge on any atom is 0.326 e. The molecule has 0 aromatic carbocycles. The quantitative estimate of drug-likeness (QED) is 0.520. The Bertz CT molecular complexity index is 306. The molecule has 124 valence electrons. The second-order valence-corrected chi connectivity index (χ2v) is 6.08. The van der Waals surface area contributed by atoms with Crippen LogP contribution in [0, 0.1) is 0 Å². The van der Waals surface area contributed by atoms with Gasteiger partial charge in [0.25, 0.3) is 0 Å². The Hall–Kier alpha value is -0.650. The van der Waals surface area contributed by atoms with Crippen molar-refractivity contribution in [1.29, 1.82) is 0 Å². The molecular weight excluding hydrogens is 268 g/mol. The number of hydrogen-bond acceptors (Lipinski definition) is 5. The van der Waals surface area contributed by atoms with Crippen LogP contribution in [0.15, 0.2) is 0 Å². The summed E-state index contributed by atoms with van der Waals surface area (Å²) in [7, 11) is 4.02. The predicted octanol–water partition coefficient (Wildman–Crippen LogP) is 1.81. The molecule has 0 spiro atoms. The first-order chi connectivity index (χ1) is 10.0. The molecule has 0 aliphatic carbocycles. The average Bonchev–Trinajstić information content (AvgIpc) is 2.52. The van der Waals surface area contributed by atoms with Crippen molar-refractivity contribution >= 4 is 5.97 Å². The van der Waals surface area contributed by atoms with Crippen LogP contribution in [0.3, 0.4) is 0 Å². The number of unbranched alkanes of at least 4 members (excludes halogenated alkanes) is 1. The zero-order valence-corrected chi connectivity index (χ0v) is 14.1. The molecule has 21 heavy (non-hydrogen) atoms. The Kier molecular flexibility index (Phi) is 8.22. The van der Waals surface area contributed by atoms with Gasteiger partial charge in [0.1, 0.15) is 5.54 Å². The monoisotopic (exact) mass is 300 g/mol. The lowest BCUT2D eigenvalue weighted by Gasteiger charge is -2.31. The van der Waals surface area contributed by atoms with Gasteiger partial charge in [0, 0.05) is 19.3 Å². The van der Waals surface area contributed by atoms with E-state index >= 15 is 0 Å². The Morgan fingerprint density at radius 1 is 1.38 bits per heavy atom. The molecule has 1 unspecified atom stereocenters. The van der Waals surface area contributed by atoms with Gasteiger partial charge < -0.3 is 19.7 Å². The second kappa shape index (κ2) is 9.38. The maximum atomic E-state index is 12.0. The molecule has 1 aliphatic rings. The maximum absolute atomic E-state index is 12.0. The molecule has 1 rings (SSSR count). The Labute approximate surface area is 129 Å². The van der Waals surface area contributed by atoms with E-state index in [0.29, 0.717) is 12.6 Å². The number of hydrogen-bond donors (Lipinski definition) is 1. The molecule has 0 saturated carbocycles. The lowest BCUT2D eigenvalue weighted by molar-refractivity contribution is -0.150. The van der Waals surface area contributed by atoms with Gasteiger partial charge in [-0.3, -0.25) is 4.79 Å². The number of ether oxygens (including phenoxy) is 2. The van der Waals surface area contributed by atoms with E-state index < -0.39 is 5.54 Å². The van der Waals surface area contributed by atoms with E-state index in [-0.39, 0.29) is 5.97 Å². The first-order valence-corrected chi connectivity index (χ1v) is 8.17. The molecule has 0 radical (unpaired) electrons. The Morgan fingerprint density at radius 2 is 2.05 bits per heavy atom. The Morgan fingerprint density at radius 3 is 2.62 bits per heavy atom. The summed E-state index contributed by atoms with van der Waals surface area (Å²) in [5.41, 5.74) is -0.562. The standard InChI is InChI=1S/C16H32N2O3/c1-5-21-15(19)16(2,17-3)10-6-7-11-18(4)14-8-12-20-13-9-14/h14,17H,5-13H2,1-4H3. The number of nitrogens with one attached hydrogen (secondary N) is 1. The molecule has 5 heteroatoms. The number of esters is 1. The molecule has 1 atom stereocenters. The van der Waals surface area contributed by atoms with Crippen LogP contribution in [0.4, 0.5) is 0 Å². The van der Waals surface area contributed by atoms with Gasteiger partial charge in [-0.15, -0.1) is 0 Å². The first-order valence-electron chi connectivity index (χ1n) is 8.17. The smallest absolute Gasteiger partial charge is 0.326 e. The Balaban J connectivity index is 2.26. The zero-order valence-electron chi connectivity index (χ0n) is 14.1. The fraction of sp³-hybridized carbons (Fsp3) is 0.938. The van der Waals surface area contributed by atoms with Gasteiger partial charge in [0.2, 0.25) is 0 Å². The van der Waals surface area contributed by atoms with Crippen LogP contribution >= 0.6 is 0 Å². The molecule has 1 saturated heterocycles. The largest absolute Gasteiger partial charge is 0.465 e. The van der Waals surface area contributed by atoms with E-state index in [4.69, 9.17) is 9.47 Å². The van der Waals surface area contributed by atoms with E-state index in [1.54, 1.807) is 0 Å². The van der Waals surface area contributed by atoms with E-state index in [0.717, 1.165) is 51.9 Å². The second-order valence-electron chi connectivity index (χ2n) is 6.08. The summed E-state index contributed by atoms with van der Waals surface area (Å²) in [5.74, 6) is -0.148. The predicted molar refractivity (Wildman–Crippen MR) is 84.4 cm³/mol. The highest BCUT2D eigenvalue weighted by Gasteiger charge is 2.32. The normalized spacial score (nSPS) is 19.5. The number of rotatable bonds is 9. The van der Waals surface area contributed by atoms with Gasteiger partial charge in [-0.25, -0.2) is 0 Å². The minimum Gasteiger partial charge on any atom is -0.465 e. The third kappa shape index (κ3) is 5.93. The summed E-state index contributed by atoms with van der Waals surface area (Å²) < 4.78 is 10.5. The van der Waals surface area contributed by atoms with Crippen LogP contribution in [0.25, 0.3) is 0 Å². The third-order valence-electron chi connectivity index (χ3n) is 4.53. The highest BCUT2D eigenvalue weighted by Crippen LogP contribution is 2.17. The fourth-order valence-electron chi connectivity index (χ4n) is 2.77. The van der Waals surface area contributed by atoms with Crippen LogP contribution in [0.1, 0.15) is 46.0 Å². The molecule has 0 bridgehead atoms. The van der Waals surface area contributed by atoms with Gasteiger partial charge in [-0.05, 0) is 66.6 Å². The molecule has 1 aliphatic heterocycles. The fourth-order valence-corrected chi connectivity index (χ4v) is 2.77. The molecule has 1 heterocycles. The third-order valence-corrected chi connectivity index (χ3v) is 4.53. The topological polar surface area (TPSA) is 50.8 Å². The van der Waals surface area contributed by atoms with Gasteiger partial charge >= 0.3 is 5.97 Å². The molecule has 1 fully saturated rings. The number of carbonyl (C=O) groups excluding carboxylic acids is 1. The lowest BCUT2D eigenvalue weighted by Crippen LogP contribution is -2.48. The van der Waals surface area contributed by atoms with Crippen LogP contribution in [0.2, 0.25) is 0 Å². The van der Waals surface area contributed by atoms with Crippen molar-refractivity contribution in [2.75, 3.05) is 40.5 Å². The van der Waals surface area contributed by atoms with E-state index in [2.05, 4.69) is 17.3 Å². The van der Waals surface area contributed by atoms with Gasteiger partial charge in [-0.2, -0.15) is 0 Å². The highest BCUT2D eigenvalue weighted by atomic mass is 16.5. The van der Waals surface area contributed by atoms with Crippen LogP contribution in [-0.2, 0) is 14.3 Å². The molecule has 1 N–H and O–H groups in total. The van der Waals surface area contributed by atoms with E-state index in [9.17, 15) is 4.79 Å². The summed E-state index contributed by atoms with van der Waals surface area (Å²) in [5, 5.41) is 3.11. The van der Waals surface area contributed by atoms with Gasteiger partial charge in [-0.1, -0.05) is 0 Å². The van der Waals surface area contributed by atoms with Crippen molar-refractivity contribution in [1.82, 2.24) is 10.2 Å². The molecule has 0 aromatic heterocycles. The minimum atomic E-state index is -0.562. The SMILES string of the molecule is CCOC(=O)C(C)(CCCCN(C)C1CCOCC1)NC. The average molecular weight is 300 g/mol. The van der Waals surface area contributed by atoms with Crippen molar-refractivity contribution < 1.29 is 14.3 Å². The summed E-state index contributed by atoms with van der Waals surface area (Å²) in [4.78, 5) is 14.4. The lowest BCUT2D eigenvalue weighted by atomic mass is 9.95. The van der Waals surface area contributed by atoms with Crippen LogP contribution < -0.4 is 5.32 Å². The summed E-state index contributed by atoms with van der Waals surface area (Å²) in [6.07, 6.45) is 5.19. The van der Waals surface area contributed by atoms with E-state index in [1.165, 1.54) is 0 Å². The summed E-state index contributed by atoms with van der Waals surface area (Å²) >= 11 is 0. The van der Waals surface area contributed by atoms with Crippen molar-refractivity contribution in [3.8, 4) is 0 Å². The number of nitrogens with zero attached hydrogens (tertiary/aromatic N) is 1. The van der Waals surface area contributed by atoms with Crippen molar-refractivity contribution in [2.45, 2.75) is 57.5 Å². The summed E-state index contributed by atoms with van der Waals surface area (Å²) in [6, 6.07) is 0.652. The molecule has 5 nitrogen and oxygen atoms in total. The number of likely N-dealkylation sites (N-methyl/N-ethyl adjacent to an activating group) is 1. The number of carbonyl (C=O) groups is 1. The van der Waals surface area contributed by atoms with E-state index in [1.807, 2.05) is 20.9 Å². The highest BCUT2D eigenvalue weighted by molar-refractivity contribution is 5.80. The van der Waals surface area contributed by atoms with Crippen molar-refractivity contribution in [3.63, 3.8) is 0 Å².